The van der Waals surface area contributed by atoms with Gasteiger partial charge in [0.05, 0.1) is 5.92 Å². The first kappa shape index (κ1) is 18.8. The van der Waals surface area contributed by atoms with Crippen LogP contribution in [0, 0.1) is 5.92 Å². The molecule has 1 saturated heterocycles. The lowest BCUT2D eigenvalue weighted by molar-refractivity contribution is -0.160. The van der Waals surface area contributed by atoms with Gasteiger partial charge in [-0.3, -0.25) is 4.79 Å². The second-order valence-electron chi connectivity index (χ2n) is 5.44. The van der Waals surface area contributed by atoms with Crippen LogP contribution < -0.4 is 5.73 Å². The van der Waals surface area contributed by atoms with E-state index in [9.17, 15) is 18.0 Å². The highest BCUT2D eigenvalue weighted by Gasteiger charge is 2.43. The van der Waals surface area contributed by atoms with Gasteiger partial charge in [0, 0.05) is 19.5 Å². The highest BCUT2D eigenvalue weighted by molar-refractivity contribution is 5.85. The maximum absolute atomic E-state index is 13.2. The number of halogens is 4. The van der Waals surface area contributed by atoms with Crippen LogP contribution in [-0.2, 0) is 4.79 Å². The number of amides is 1. The number of carbonyl (C=O) groups excluding carboxylic acids is 1. The fraction of sp³-hybridized carbons (Fsp3) is 0.533. The Kier molecular flexibility index (Phi) is 6.68. The highest BCUT2D eigenvalue weighted by atomic mass is 35.5. The lowest BCUT2D eigenvalue weighted by Gasteiger charge is -2.23. The van der Waals surface area contributed by atoms with Gasteiger partial charge in [0.1, 0.15) is 0 Å². The third-order valence-electron chi connectivity index (χ3n) is 3.95. The summed E-state index contributed by atoms with van der Waals surface area (Å²) in [4.78, 5) is 13.6. The topological polar surface area (TPSA) is 46.3 Å². The smallest absolute Gasteiger partial charge is 0.342 e. The first-order chi connectivity index (χ1) is 9.91. The second kappa shape index (κ2) is 7.83. The van der Waals surface area contributed by atoms with Gasteiger partial charge < -0.3 is 10.6 Å². The van der Waals surface area contributed by atoms with E-state index < -0.39 is 24.4 Å². The van der Waals surface area contributed by atoms with Gasteiger partial charge in [0.2, 0.25) is 5.91 Å². The molecule has 1 aliphatic rings. The second-order valence-corrected chi connectivity index (χ2v) is 5.44. The van der Waals surface area contributed by atoms with Crippen molar-refractivity contribution >= 4 is 18.3 Å². The molecule has 22 heavy (non-hydrogen) atoms. The van der Waals surface area contributed by atoms with Crippen LogP contribution in [0.1, 0.15) is 24.3 Å². The summed E-state index contributed by atoms with van der Waals surface area (Å²) in [6.45, 7) is 1.43. The number of carbonyl (C=O) groups is 1. The maximum atomic E-state index is 13.2. The molecule has 1 heterocycles. The monoisotopic (exact) mass is 336 g/mol. The van der Waals surface area contributed by atoms with Crippen molar-refractivity contribution in [2.24, 2.45) is 11.7 Å². The van der Waals surface area contributed by atoms with E-state index in [4.69, 9.17) is 5.73 Å². The lowest BCUT2D eigenvalue weighted by Crippen LogP contribution is -2.33. The van der Waals surface area contributed by atoms with E-state index in [1.165, 1.54) is 17.0 Å². The molecule has 0 saturated carbocycles. The summed E-state index contributed by atoms with van der Waals surface area (Å²) in [5, 5.41) is 0. The minimum atomic E-state index is -4.43. The van der Waals surface area contributed by atoms with Crippen molar-refractivity contribution in [2.45, 2.75) is 24.9 Å². The molecule has 0 spiro atoms. The number of benzene rings is 1. The Balaban J connectivity index is 0.00000242. The minimum Gasteiger partial charge on any atom is -0.342 e. The molecule has 1 aromatic carbocycles. The van der Waals surface area contributed by atoms with Crippen LogP contribution in [0.15, 0.2) is 30.3 Å². The number of nitrogens with zero attached hydrogens (tertiary/aromatic N) is 1. The Labute approximate surface area is 134 Å². The van der Waals surface area contributed by atoms with Crippen molar-refractivity contribution in [1.29, 1.82) is 0 Å². The molecule has 0 aromatic heterocycles. The molecule has 2 N–H and O–H groups in total. The zero-order valence-electron chi connectivity index (χ0n) is 12.1. The van der Waals surface area contributed by atoms with E-state index in [0.717, 1.165) is 6.42 Å². The van der Waals surface area contributed by atoms with Gasteiger partial charge in [-0.25, -0.2) is 0 Å². The minimum absolute atomic E-state index is 0. The average molecular weight is 337 g/mol. The van der Waals surface area contributed by atoms with Gasteiger partial charge in [0.25, 0.3) is 0 Å². The van der Waals surface area contributed by atoms with Gasteiger partial charge in [0.15, 0.2) is 0 Å². The van der Waals surface area contributed by atoms with E-state index in [2.05, 4.69) is 0 Å². The Morgan fingerprint density at radius 2 is 1.95 bits per heavy atom. The summed E-state index contributed by atoms with van der Waals surface area (Å²) in [7, 11) is 0. The van der Waals surface area contributed by atoms with Gasteiger partial charge >= 0.3 is 6.18 Å². The molecule has 124 valence electrons. The predicted molar refractivity (Wildman–Crippen MR) is 80.8 cm³/mol. The van der Waals surface area contributed by atoms with Crippen LogP contribution in [0.4, 0.5) is 13.2 Å². The van der Waals surface area contributed by atoms with Crippen molar-refractivity contribution in [3.05, 3.63) is 35.9 Å². The maximum Gasteiger partial charge on any atom is 0.396 e. The van der Waals surface area contributed by atoms with Gasteiger partial charge in [-0.05, 0) is 24.4 Å². The van der Waals surface area contributed by atoms with Crippen molar-refractivity contribution < 1.29 is 18.0 Å². The van der Waals surface area contributed by atoms with Gasteiger partial charge in [-0.1, -0.05) is 30.3 Å². The van der Waals surface area contributed by atoms with Gasteiger partial charge in [-0.2, -0.15) is 13.2 Å². The lowest BCUT2D eigenvalue weighted by atomic mass is 9.94. The van der Waals surface area contributed by atoms with E-state index >= 15 is 0 Å². The fourth-order valence-electron chi connectivity index (χ4n) is 2.66. The molecule has 2 atom stereocenters. The van der Waals surface area contributed by atoms with E-state index in [-0.39, 0.29) is 23.9 Å². The van der Waals surface area contributed by atoms with Gasteiger partial charge in [-0.15, -0.1) is 12.4 Å². The molecule has 1 amide bonds. The fourth-order valence-corrected chi connectivity index (χ4v) is 2.66. The molecule has 2 rings (SSSR count). The number of nitrogens with two attached hydrogens (primary N) is 1. The summed E-state index contributed by atoms with van der Waals surface area (Å²) in [6.07, 6.45) is -4.20. The summed E-state index contributed by atoms with van der Waals surface area (Å²) >= 11 is 0. The molecule has 0 radical (unpaired) electrons. The molecule has 0 bridgehead atoms. The summed E-state index contributed by atoms with van der Waals surface area (Å²) in [6, 6.07) is 7.60. The van der Waals surface area contributed by atoms with Crippen LogP contribution >= 0.6 is 12.4 Å². The molecule has 0 aliphatic carbocycles. The molecular weight excluding hydrogens is 317 g/mol. The van der Waals surface area contributed by atoms with E-state index in [0.29, 0.717) is 19.6 Å². The Morgan fingerprint density at radius 1 is 1.32 bits per heavy atom. The standard InChI is InChI=1S/C15H19F3N2O.ClH/c16-15(17,18)13(12-4-2-1-3-5-12)8-14(21)20-7-6-11(9-19)10-20;/h1-5,11,13H,6-10,19H2;1H. The molecule has 7 heteroatoms. The number of rotatable bonds is 4. The summed E-state index contributed by atoms with van der Waals surface area (Å²) in [5.41, 5.74) is 5.67. The SMILES string of the molecule is Cl.NCC1CCN(C(=O)CC(c2ccccc2)C(F)(F)F)C1. The first-order valence-electron chi connectivity index (χ1n) is 7.01. The van der Waals surface area contributed by atoms with Crippen molar-refractivity contribution in [2.75, 3.05) is 19.6 Å². The average Bonchev–Trinajstić information content (AvgIpc) is 2.93. The first-order valence-corrected chi connectivity index (χ1v) is 7.01. The Hall–Kier alpha value is -1.27. The normalized spacial score (nSPS) is 19.6. The highest BCUT2D eigenvalue weighted by Crippen LogP contribution is 2.38. The number of hydrogen-bond acceptors (Lipinski definition) is 2. The van der Waals surface area contributed by atoms with Crippen LogP contribution in [0.25, 0.3) is 0 Å². The number of alkyl halides is 3. The van der Waals surface area contributed by atoms with Crippen molar-refractivity contribution in [3.8, 4) is 0 Å². The van der Waals surface area contributed by atoms with Crippen LogP contribution in [-0.4, -0.2) is 36.6 Å². The molecule has 1 fully saturated rings. The zero-order chi connectivity index (χ0) is 15.5. The molecule has 3 nitrogen and oxygen atoms in total. The Bertz CT molecular complexity index is 481. The molecule has 1 aliphatic heterocycles. The van der Waals surface area contributed by atoms with Crippen molar-refractivity contribution in [3.63, 3.8) is 0 Å². The quantitative estimate of drug-likeness (QED) is 0.919. The largest absolute Gasteiger partial charge is 0.396 e. The van der Waals surface area contributed by atoms with Crippen LogP contribution in [0.2, 0.25) is 0 Å². The number of hydrogen-bond donors (Lipinski definition) is 1. The zero-order valence-corrected chi connectivity index (χ0v) is 12.9. The molecular formula is C15H20ClF3N2O. The molecule has 2 unspecified atom stereocenters. The number of likely N-dealkylation sites (tertiary alicyclic amines) is 1. The summed E-state index contributed by atoms with van der Waals surface area (Å²) in [5.74, 6) is -1.99. The predicted octanol–water partition coefficient (Wildman–Crippen LogP) is 2.95. The van der Waals surface area contributed by atoms with E-state index in [1.807, 2.05) is 0 Å². The van der Waals surface area contributed by atoms with Crippen LogP contribution in [0.3, 0.4) is 0 Å². The van der Waals surface area contributed by atoms with Crippen molar-refractivity contribution in [1.82, 2.24) is 4.90 Å². The third kappa shape index (κ3) is 4.61. The third-order valence-corrected chi connectivity index (χ3v) is 3.95. The van der Waals surface area contributed by atoms with Crippen LogP contribution in [0.5, 0.6) is 0 Å². The molecule has 1 aromatic rings. The Morgan fingerprint density at radius 3 is 2.45 bits per heavy atom. The van der Waals surface area contributed by atoms with E-state index in [1.54, 1.807) is 18.2 Å². The summed E-state index contributed by atoms with van der Waals surface area (Å²) < 4.78 is 39.6.